The lowest BCUT2D eigenvalue weighted by Crippen LogP contribution is -2.38. The number of aromatic carboxylic acids is 1. The highest BCUT2D eigenvalue weighted by Gasteiger charge is 2.35. The number of benzene rings is 2. The van der Waals surface area contributed by atoms with Gasteiger partial charge in [0, 0.05) is 5.69 Å². The van der Waals surface area contributed by atoms with E-state index in [1.165, 1.54) is 18.2 Å². The number of ether oxygens (including phenoxy) is 2. The number of imide groups is 1. The Labute approximate surface area is 211 Å². The SMILES string of the molecule is CCOc1cc(C=C2NC(=O)N(CC(=O)Nc3ccccc3)C2=O)ccc1OCc1ccc(C(=O)O)o1. The van der Waals surface area contributed by atoms with Crippen LogP contribution >= 0.6 is 0 Å². The summed E-state index contributed by atoms with van der Waals surface area (Å²) < 4.78 is 16.5. The van der Waals surface area contributed by atoms with E-state index in [1.807, 2.05) is 0 Å². The van der Waals surface area contributed by atoms with Crippen LogP contribution in [0.25, 0.3) is 6.08 Å². The lowest BCUT2D eigenvalue weighted by atomic mass is 10.1. The number of furan rings is 1. The molecule has 3 N–H and O–H groups in total. The number of hydrogen-bond donors (Lipinski definition) is 3. The minimum Gasteiger partial charge on any atom is -0.490 e. The second-order valence-electron chi connectivity index (χ2n) is 7.79. The van der Waals surface area contributed by atoms with Crippen LogP contribution in [0.5, 0.6) is 11.5 Å². The van der Waals surface area contributed by atoms with Crippen molar-refractivity contribution in [1.29, 1.82) is 0 Å². The molecule has 3 aromatic rings. The van der Waals surface area contributed by atoms with Gasteiger partial charge in [-0.3, -0.25) is 9.59 Å². The normalized spacial score (nSPS) is 14.0. The Morgan fingerprint density at radius 3 is 2.54 bits per heavy atom. The van der Waals surface area contributed by atoms with Crippen LogP contribution in [-0.4, -0.2) is 47.0 Å². The number of carboxylic acids is 1. The predicted octanol–water partition coefficient (Wildman–Crippen LogP) is 3.49. The van der Waals surface area contributed by atoms with Gasteiger partial charge in [0.2, 0.25) is 11.7 Å². The Hall–Kier alpha value is -5.06. The molecule has 1 aliphatic heterocycles. The molecule has 0 unspecified atom stereocenters. The summed E-state index contributed by atoms with van der Waals surface area (Å²) in [5.41, 5.74) is 1.10. The van der Waals surface area contributed by atoms with Crippen molar-refractivity contribution < 1.29 is 38.2 Å². The minimum absolute atomic E-state index is 0.00501. The first-order chi connectivity index (χ1) is 17.8. The summed E-state index contributed by atoms with van der Waals surface area (Å²) in [5.74, 6) is -1.46. The molecule has 1 aromatic heterocycles. The lowest BCUT2D eigenvalue weighted by Gasteiger charge is -2.12. The third kappa shape index (κ3) is 6.14. The van der Waals surface area contributed by atoms with Gasteiger partial charge in [-0.15, -0.1) is 0 Å². The number of nitrogens with one attached hydrogen (secondary N) is 2. The van der Waals surface area contributed by atoms with Crippen molar-refractivity contribution in [2.75, 3.05) is 18.5 Å². The van der Waals surface area contributed by atoms with Gasteiger partial charge in [0.25, 0.3) is 5.91 Å². The zero-order chi connectivity index (χ0) is 26.4. The molecule has 190 valence electrons. The quantitative estimate of drug-likeness (QED) is 0.280. The second-order valence-corrected chi connectivity index (χ2v) is 7.79. The molecule has 0 saturated carbocycles. The number of carbonyl (C=O) groups excluding carboxylic acids is 3. The number of rotatable bonds is 10. The van der Waals surface area contributed by atoms with E-state index in [4.69, 9.17) is 19.0 Å². The molecule has 37 heavy (non-hydrogen) atoms. The van der Waals surface area contributed by atoms with Crippen molar-refractivity contribution in [1.82, 2.24) is 10.2 Å². The van der Waals surface area contributed by atoms with Crippen LogP contribution in [0.1, 0.15) is 28.8 Å². The largest absolute Gasteiger partial charge is 0.490 e. The first-order valence-electron chi connectivity index (χ1n) is 11.2. The molecule has 2 aromatic carbocycles. The maximum atomic E-state index is 12.8. The van der Waals surface area contributed by atoms with Crippen LogP contribution in [0.3, 0.4) is 0 Å². The zero-order valence-corrected chi connectivity index (χ0v) is 19.7. The molecule has 4 rings (SSSR count). The molecule has 0 radical (unpaired) electrons. The summed E-state index contributed by atoms with van der Waals surface area (Å²) in [6, 6.07) is 15.7. The van der Waals surface area contributed by atoms with Crippen LogP contribution in [0, 0.1) is 0 Å². The zero-order valence-electron chi connectivity index (χ0n) is 19.7. The first kappa shape index (κ1) is 25.0. The van der Waals surface area contributed by atoms with E-state index in [0.717, 1.165) is 4.90 Å². The average Bonchev–Trinajstić information content (AvgIpc) is 3.45. The number of carbonyl (C=O) groups is 4. The summed E-state index contributed by atoms with van der Waals surface area (Å²) in [4.78, 5) is 49.2. The van der Waals surface area contributed by atoms with Gasteiger partial charge in [-0.05, 0) is 55.0 Å². The summed E-state index contributed by atoms with van der Waals surface area (Å²) in [5, 5.41) is 14.1. The standard InChI is InChI=1S/C26H23N3O8/c1-2-35-22-13-16(8-10-20(22)36-15-18-9-11-21(37-18)25(32)33)12-19-24(31)29(26(34)28-19)14-23(30)27-17-6-4-3-5-7-17/h3-13H,2,14-15H2,1H3,(H,27,30)(H,28,34)(H,32,33). The second kappa shape index (κ2) is 11.1. The van der Waals surface area contributed by atoms with Crippen LogP contribution in [-0.2, 0) is 16.2 Å². The van der Waals surface area contributed by atoms with Crippen molar-refractivity contribution in [2.24, 2.45) is 0 Å². The van der Waals surface area contributed by atoms with Gasteiger partial charge < -0.3 is 29.6 Å². The fourth-order valence-corrected chi connectivity index (χ4v) is 3.47. The first-order valence-corrected chi connectivity index (χ1v) is 11.2. The molecule has 0 bridgehead atoms. The molecule has 0 spiro atoms. The fourth-order valence-electron chi connectivity index (χ4n) is 3.47. The van der Waals surface area contributed by atoms with Crippen LogP contribution in [0.2, 0.25) is 0 Å². The van der Waals surface area contributed by atoms with Gasteiger partial charge in [0.15, 0.2) is 11.5 Å². The van der Waals surface area contributed by atoms with Crippen molar-refractivity contribution in [3.63, 3.8) is 0 Å². The Balaban J connectivity index is 1.44. The van der Waals surface area contributed by atoms with Crippen molar-refractivity contribution in [3.05, 3.63) is 83.4 Å². The van der Waals surface area contributed by atoms with E-state index < -0.39 is 30.4 Å². The van der Waals surface area contributed by atoms with Gasteiger partial charge in [0.1, 0.15) is 24.6 Å². The highest BCUT2D eigenvalue weighted by Crippen LogP contribution is 2.30. The maximum absolute atomic E-state index is 12.8. The number of urea groups is 1. The molecule has 11 heteroatoms. The molecule has 1 aliphatic rings. The van der Waals surface area contributed by atoms with E-state index in [-0.39, 0.29) is 18.1 Å². The van der Waals surface area contributed by atoms with Crippen molar-refractivity contribution in [3.8, 4) is 11.5 Å². The summed E-state index contributed by atoms with van der Waals surface area (Å²) in [7, 11) is 0. The summed E-state index contributed by atoms with van der Waals surface area (Å²) in [6.07, 6.45) is 1.47. The molecule has 1 fully saturated rings. The van der Waals surface area contributed by atoms with Crippen molar-refractivity contribution >= 4 is 35.6 Å². The van der Waals surface area contributed by atoms with E-state index in [9.17, 15) is 19.2 Å². The van der Waals surface area contributed by atoms with Gasteiger partial charge in [-0.2, -0.15) is 0 Å². The van der Waals surface area contributed by atoms with Crippen LogP contribution in [0.15, 0.2) is 70.8 Å². The van der Waals surface area contributed by atoms with Gasteiger partial charge in [-0.1, -0.05) is 24.3 Å². The number of nitrogens with zero attached hydrogens (tertiary/aromatic N) is 1. The fraction of sp³-hybridized carbons (Fsp3) is 0.154. The molecular formula is C26H23N3O8. The van der Waals surface area contributed by atoms with Crippen molar-refractivity contribution in [2.45, 2.75) is 13.5 Å². The smallest absolute Gasteiger partial charge is 0.371 e. The van der Waals surface area contributed by atoms with Gasteiger partial charge in [0.05, 0.1) is 6.61 Å². The van der Waals surface area contributed by atoms with E-state index >= 15 is 0 Å². The maximum Gasteiger partial charge on any atom is 0.371 e. The molecular weight excluding hydrogens is 482 g/mol. The third-order valence-corrected chi connectivity index (χ3v) is 5.14. The highest BCUT2D eigenvalue weighted by atomic mass is 16.5. The van der Waals surface area contributed by atoms with Crippen LogP contribution in [0.4, 0.5) is 10.5 Å². The Morgan fingerprint density at radius 2 is 1.84 bits per heavy atom. The molecule has 11 nitrogen and oxygen atoms in total. The molecule has 2 heterocycles. The van der Waals surface area contributed by atoms with Gasteiger partial charge in [-0.25, -0.2) is 14.5 Å². The molecule has 0 aliphatic carbocycles. The Morgan fingerprint density at radius 1 is 1.05 bits per heavy atom. The summed E-state index contributed by atoms with van der Waals surface area (Å²) >= 11 is 0. The molecule has 4 amide bonds. The van der Waals surface area contributed by atoms with Crippen LogP contribution < -0.4 is 20.1 Å². The molecule has 0 atom stereocenters. The Bertz CT molecular complexity index is 1360. The predicted molar refractivity (Wildman–Crippen MR) is 131 cm³/mol. The average molecular weight is 505 g/mol. The number of anilines is 1. The number of para-hydroxylation sites is 1. The minimum atomic E-state index is -1.18. The van der Waals surface area contributed by atoms with E-state index in [0.29, 0.717) is 35.1 Å². The number of carboxylic acid groups (broad SMARTS) is 1. The van der Waals surface area contributed by atoms with Gasteiger partial charge >= 0.3 is 12.0 Å². The summed E-state index contributed by atoms with van der Waals surface area (Å²) in [6.45, 7) is 1.66. The van der Waals surface area contributed by atoms with E-state index in [2.05, 4.69) is 10.6 Å². The van der Waals surface area contributed by atoms with E-state index in [1.54, 1.807) is 55.5 Å². The third-order valence-electron chi connectivity index (χ3n) is 5.14. The Kier molecular flexibility index (Phi) is 7.53. The topological polar surface area (TPSA) is 147 Å². The number of hydrogen-bond acceptors (Lipinski definition) is 7. The number of amides is 4. The highest BCUT2D eigenvalue weighted by molar-refractivity contribution is 6.16. The lowest BCUT2D eigenvalue weighted by molar-refractivity contribution is -0.127. The monoisotopic (exact) mass is 505 g/mol. The molecule has 1 saturated heterocycles.